The first kappa shape index (κ1) is 13.6. The van der Waals surface area contributed by atoms with Gasteiger partial charge in [-0.2, -0.15) is 0 Å². The van der Waals surface area contributed by atoms with E-state index < -0.39 is 0 Å². The van der Waals surface area contributed by atoms with Gasteiger partial charge in [-0.1, -0.05) is 48.5 Å². The van der Waals surface area contributed by atoms with Crippen molar-refractivity contribution in [3.8, 4) is 0 Å². The zero-order valence-corrected chi connectivity index (χ0v) is 12.6. The molecule has 0 saturated heterocycles. The van der Waals surface area contributed by atoms with Gasteiger partial charge in [0.05, 0.1) is 12.5 Å². The van der Waals surface area contributed by atoms with Crippen LogP contribution in [0.3, 0.4) is 0 Å². The van der Waals surface area contributed by atoms with E-state index in [4.69, 9.17) is 0 Å². The first-order chi connectivity index (χ1) is 11.4. The van der Waals surface area contributed by atoms with Crippen molar-refractivity contribution in [2.24, 2.45) is 0 Å². The normalized spacial score (nSPS) is 10.6. The van der Waals surface area contributed by atoms with E-state index in [2.05, 4.69) is 77.2 Å². The Balaban J connectivity index is 0.000000233. The van der Waals surface area contributed by atoms with Crippen molar-refractivity contribution < 1.29 is 4.42 Å². The SMILES string of the molecule is c1ccc2cc3cc4ccccc4cc3cc2c1.c1ccoc1. The predicted molar refractivity (Wildman–Crippen MR) is 97.7 cm³/mol. The summed E-state index contributed by atoms with van der Waals surface area (Å²) in [7, 11) is 0. The van der Waals surface area contributed by atoms with E-state index >= 15 is 0 Å². The highest BCUT2D eigenvalue weighted by Crippen LogP contribution is 2.27. The molecular formula is C22H16O. The molecule has 1 nitrogen and oxygen atoms in total. The fourth-order valence-corrected chi connectivity index (χ4v) is 2.86. The van der Waals surface area contributed by atoms with Crippen molar-refractivity contribution in [1.29, 1.82) is 0 Å². The molecule has 0 aliphatic carbocycles. The number of hydrogen-bond acceptors (Lipinski definition) is 1. The summed E-state index contributed by atoms with van der Waals surface area (Å²) in [4.78, 5) is 0. The zero-order valence-electron chi connectivity index (χ0n) is 12.6. The third-order valence-electron chi connectivity index (χ3n) is 3.99. The van der Waals surface area contributed by atoms with E-state index in [1.165, 1.54) is 32.3 Å². The van der Waals surface area contributed by atoms with E-state index in [1.807, 2.05) is 12.1 Å². The van der Waals surface area contributed by atoms with Crippen LogP contribution in [0.25, 0.3) is 32.3 Å². The van der Waals surface area contributed by atoms with Gasteiger partial charge < -0.3 is 4.42 Å². The van der Waals surface area contributed by atoms with Crippen LogP contribution in [0.15, 0.2) is 102 Å². The Morgan fingerprint density at radius 3 is 1.00 bits per heavy atom. The highest BCUT2D eigenvalue weighted by molar-refractivity contribution is 6.04. The van der Waals surface area contributed by atoms with Gasteiger partial charge in [-0.05, 0) is 68.7 Å². The van der Waals surface area contributed by atoms with Crippen LogP contribution in [0.2, 0.25) is 0 Å². The van der Waals surface area contributed by atoms with Gasteiger partial charge in [-0.15, -0.1) is 0 Å². The van der Waals surface area contributed by atoms with Crippen molar-refractivity contribution >= 4 is 32.3 Å². The number of furan rings is 1. The molecule has 0 saturated carbocycles. The molecule has 23 heavy (non-hydrogen) atoms. The van der Waals surface area contributed by atoms with Gasteiger partial charge in [0.25, 0.3) is 0 Å². The van der Waals surface area contributed by atoms with Gasteiger partial charge in [0.1, 0.15) is 0 Å². The van der Waals surface area contributed by atoms with Gasteiger partial charge in [0, 0.05) is 0 Å². The predicted octanol–water partition coefficient (Wildman–Crippen LogP) is 6.43. The first-order valence-corrected chi connectivity index (χ1v) is 7.69. The van der Waals surface area contributed by atoms with Crippen molar-refractivity contribution in [1.82, 2.24) is 0 Å². The van der Waals surface area contributed by atoms with Crippen LogP contribution < -0.4 is 0 Å². The molecule has 0 fully saturated rings. The molecule has 1 aromatic heterocycles. The van der Waals surface area contributed by atoms with Crippen molar-refractivity contribution in [3.05, 3.63) is 97.5 Å². The Morgan fingerprint density at radius 1 is 0.391 bits per heavy atom. The van der Waals surface area contributed by atoms with E-state index in [0.717, 1.165) is 0 Å². The van der Waals surface area contributed by atoms with E-state index in [9.17, 15) is 0 Å². The van der Waals surface area contributed by atoms with Gasteiger partial charge in [-0.25, -0.2) is 0 Å². The number of hydrogen-bond donors (Lipinski definition) is 0. The lowest BCUT2D eigenvalue weighted by atomic mass is 10.00. The zero-order chi connectivity index (χ0) is 15.5. The highest BCUT2D eigenvalue weighted by atomic mass is 16.3. The summed E-state index contributed by atoms with van der Waals surface area (Å²) in [6, 6.07) is 29.8. The molecule has 0 bridgehead atoms. The second-order valence-electron chi connectivity index (χ2n) is 5.54. The minimum atomic E-state index is 1.31. The molecule has 1 heterocycles. The second kappa shape index (κ2) is 5.98. The van der Waals surface area contributed by atoms with Crippen LogP contribution in [0.5, 0.6) is 0 Å². The second-order valence-corrected chi connectivity index (χ2v) is 5.54. The largest absolute Gasteiger partial charge is 0.473 e. The molecule has 0 amide bonds. The maximum atomic E-state index is 4.58. The summed E-state index contributed by atoms with van der Waals surface area (Å²) in [5, 5.41) is 7.85. The molecule has 0 N–H and O–H groups in total. The Hall–Kier alpha value is -3.06. The Labute approximate surface area is 134 Å². The summed E-state index contributed by atoms with van der Waals surface area (Å²) in [6.45, 7) is 0. The smallest absolute Gasteiger partial charge is 0.0902 e. The molecule has 0 radical (unpaired) electrons. The average molecular weight is 296 g/mol. The van der Waals surface area contributed by atoms with Gasteiger partial charge >= 0.3 is 0 Å². The van der Waals surface area contributed by atoms with Gasteiger partial charge in [-0.3, -0.25) is 0 Å². The average Bonchev–Trinajstić information content (AvgIpc) is 3.18. The molecule has 110 valence electrons. The monoisotopic (exact) mass is 296 g/mol. The Morgan fingerprint density at radius 2 is 0.739 bits per heavy atom. The maximum absolute atomic E-state index is 4.58. The number of benzene rings is 4. The molecule has 0 atom stereocenters. The van der Waals surface area contributed by atoms with Crippen LogP contribution in [-0.2, 0) is 0 Å². The molecule has 0 aliphatic rings. The lowest BCUT2D eigenvalue weighted by Gasteiger charge is -2.04. The van der Waals surface area contributed by atoms with Crippen LogP contribution in [0.4, 0.5) is 0 Å². The maximum Gasteiger partial charge on any atom is 0.0902 e. The van der Waals surface area contributed by atoms with Crippen molar-refractivity contribution in [3.63, 3.8) is 0 Å². The molecular weight excluding hydrogens is 280 g/mol. The van der Waals surface area contributed by atoms with Gasteiger partial charge in [0.2, 0.25) is 0 Å². The molecule has 4 aromatic carbocycles. The first-order valence-electron chi connectivity index (χ1n) is 7.69. The van der Waals surface area contributed by atoms with E-state index in [-0.39, 0.29) is 0 Å². The van der Waals surface area contributed by atoms with Crippen LogP contribution in [0, 0.1) is 0 Å². The molecule has 0 spiro atoms. The lowest BCUT2D eigenvalue weighted by molar-refractivity contribution is 0.567. The third-order valence-corrected chi connectivity index (χ3v) is 3.99. The van der Waals surface area contributed by atoms with E-state index in [1.54, 1.807) is 12.5 Å². The van der Waals surface area contributed by atoms with Crippen molar-refractivity contribution in [2.75, 3.05) is 0 Å². The van der Waals surface area contributed by atoms with Gasteiger partial charge in [0.15, 0.2) is 0 Å². The number of fused-ring (bicyclic) bond motifs is 3. The minimum Gasteiger partial charge on any atom is -0.473 e. The summed E-state index contributed by atoms with van der Waals surface area (Å²) >= 11 is 0. The summed E-state index contributed by atoms with van der Waals surface area (Å²) in [5.74, 6) is 0. The summed E-state index contributed by atoms with van der Waals surface area (Å²) < 4.78 is 4.58. The highest BCUT2D eigenvalue weighted by Gasteiger charge is 2.00. The minimum absolute atomic E-state index is 1.31. The molecule has 0 unspecified atom stereocenters. The molecule has 0 aliphatic heterocycles. The van der Waals surface area contributed by atoms with E-state index in [0.29, 0.717) is 0 Å². The standard InChI is InChI=1S/C18H12.C4H4O/c1-2-6-14-10-18-12-16-8-4-3-7-15(16)11-17(18)9-13(14)5-1;1-2-4-5-3-1/h1-12H;1-4H. The van der Waals surface area contributed by atoms with Crippen LogP contribution in [0.1, 0.15) is 0 Å². The molecule has 5 aromatic rings. The third kappa shape index (κ3) is 2.82. The summed E-state index contributed by atoms with van der Waals surface area (Å²) in [6.07, 6.45) is 3.25. The molecule has 1 heteroatoms. The Kier molecular flexibility index (Phi) is 3.53. The Bertz CT molecular complexity index is 898. The lowest BCUT2D eigenvalue weighted by Crippen LogP contribution is -1.78. The van der Waals surface area contributed by atoms with Crippen molar-refractivity contribution in [2.45, 2.75) is 0 Å². The summed E-state index contributed by atoms with van der Waals surface area (Å²) in [5.41, 5.74) is 0. The fraction of sp³-hybridized carbons (Fsp3) is 0. The quantitative estimate of drug-likeness (QED) is 0.300. The van der Waals surface area contributed by atoms with Crippen LogP contribution >= 0.6 is 0 Å². The number of rotatable bonds is 0. The topological polar surface area (TPSA) is 13.1 Å². The van der Waals surface area contributed by atoms with Crippen LogP contribution in [-0.4, -0.2) is 0 Å². The molecule has 5 rings (SSSR count). The fourth-order valence-electron chi connectivity index (χ4n) is 2.86.